The molecule has 512 valence electrons. The van der Waals surface area contributed by atoms with Crippen molar-refractivity contribution in [2.45, 2.75) is 0 Å². The van der Waals surface area contributed by atoms with Gasteiger partial charge in [-0.25, -0.2) is 0 Å². The van der Waals surface area contributed by atoms with Crippen LogP contribution in [0.3, 0.4) is 0 Å². The van der Waals surface area contributed by atoms with E-state index < -0.39 is 0 Å². The van der Waals surface area contributed by atoms with Gasteiger partial charge in [-0.2, -0.15) is 0 Å². The molecule has 0 aliphatic heterocycles. The number of para-hydroxylation sites is 9. The van der Waals surface area contributed by atoms with Crippen molar-refractivity contribution >= 4 is 153 Å². The molecule has 1 N–H and O–H groups in total. The van der Waals surface area contributed by atoms with E-state index in [0.717, 1.165) is 33.3 Å². The Bertz CT molecular complexity index is 7910. The third-order valence-electron chi connectivity index (χ3n) is 23.2. The van der Waals surface area contributed by atoms with Gasteiger partial charge in [0.2, 0.25) is 0 Å². The second kappa shape index (κ2) is 24.4. The Morgan fingerprint density at radius 3 is 1.22 bits per heavy atom. The molecule has 6 heterocycles. The van der Waals surface area contributed by atoms with E-state index in [4.69, 9.17) is 4.42 Å². The van der Waals surface area contributed by atoms with Gasteiger partial charge in [0.1, 0.15) is 11.2 Å². The molecule has 24 aromatic rings. The van der Waals surface area contributed by atoms with Crippen molar-refractivity contribution in [3.05, 3.63) is 388 Å². The Kier molecular flexibility index (Phi) is 13.7. The molecule has 0 spiro atoms. The van der Waals surface area contributed by atoms with E-state index in [1.165, 1.54) is 186 Å². The highest BCUT2D eigenvalue weighted by molar-refractivity contribution is 6.20. The molecule has 0 fully saturated rings. The molecule has 0 amide bonds. The molecule has 6 aromatic heterocycles. The maximum absolute atomic E-state index is 6.30. The second-order valence-corrected chi connectivity index (χ2v) is 29.1. The lowest BCUT2D eigenvalue weighted by molar-refractivity contribution is 0.669. The summed E-state index contributed by atoms with van der Waals surface area (Å²) in [6.07, 6.45) is 0. The molecular formula is C104H65N5O. The number of nitrogens with one attached hydrogen (secondary N) is 1. The van der Waals surface area contributed by atoms with Crippen molar-refractivity contribution in [3.63, 3.8) is 0 Å². The van der Waals surface area contributed by atoms with Crippen LogP contribution in [0.5, 0.6) is 0 Å². The minimum atomic E-state index is 0.908. The summed E-state index contributed by atoms with van der Waals surface area (Å²) in [4.78, 5) is 3.70. The first-order valence-electron chi connectivity index (χ1n) is 37.8. The summed E-state index contributed by atoms with van der Waals surface area (Å²) in [7, 11) is 0. The van der Waals surface area contributed by atoms with Gasteiger partial charge in [-0.3, -0.25) is 0 Å². The number of hydrogen-bond donors (Lipinski definition) is 1. The zero-order valence-corrected chi connectivity index (χ0v) is 59.6. The van der Waals surface area contributed by atoms with Crippen molar-refractivity contribution in [1.82, 2.24) is 23.3 Å². The van der Waals surface area contributed by atoms with Gasteiger partial charge in [0.05, 0.1) is 61.0 Å². The number of benzene rings is 18. The van der Waals surface area contributed by atoms with Crippen molar-refractivity contribution < 1.29 is 4.42 Å². The first-order chi connectivity index (χ1) is 54.6. The Hall–Kier alpha value is -14.7. The first-order valence-corrected chi connectivity index (χ1v) is 37.8. The lowest BCUT2D eigenvalue weighted by atomic mass is 9.94. The molecule has 0 saturated heterocycles. The van der Waals surface area contributed by atoms with Crippen molar-refractivity contribution in [2.75, 3.05) is 0 Å². The van der Waals surface area contributed by atoms with Crippen LogP contribution in [0.1, 0.15) is 0 Å². The fourth-order valence-electron chi connectivity index (χ4n) is 18.3. The van der Waals surface area contributed by atoms with Gasteiger partial charge < -0.3 is 27.7 Å². The Balaban J connectivity index is 0.000000132. The molecule has 0 aliphatic rings. The van der Waals surface area contributed by atoms with Crippen LogP contribution >= 0.6 is 0 Å². The van der Waals surface area contributed by atoms with Gasteiger partial charge in [-0.1, -0.05) is 267 Å². The second-order valence-electron chi connectivity index (χ2n) is 29.1. The van der Waals surface area contributed by atoms with Crippen LogP contribution in [-0.2, 0) is 0 Å². The minimum absolute atomic E-state index is 0.908. The third kappa shape index (κ3) is 9.43. The predicted octanol–water partition coefficient (Wildman–Crippen LogP) is 28.3. The lowest BCUT2D eigenvalue weighted by Crippen LogP contribution is -1.96. The molecule has 0 radical (unpaired) electrons. The number of H-pyrrole nitrogens is 1. The van der Waals surface area contributed by atoms with E-state index >= 15 is 0 Å². The molecule has 0 saturated carbocycles. The molecule has 0 aliphatic carbocycles. The maximum Gasteiger partial charge on any atom is 0.136 e. The molecule has 6 nitrogen and oxygen atoms in total. The Morgan fingerprint density at radius 2 is 0.600 bits per heavy atom. The zero-order chi connectivity index (χ0) is 72.1. The summed E-state index contributed by atoms with van der Waals surface area (Å²) >= 11 is 0. The van der Waals surface area contributed by atoms with E-state index in [0.29, 0.717) is 0 Å². The quantitative estimate of drug-likeness (QED) is 0.162. The standard InChI is InChI=1S/C52H33N3.C52H32N2O/c1-2-13-37(14-3-1)54-48-21-8-5-16-41(48)43-28-24-34(32-51(43)54)33-26-29-50-45(31-33)42-17-6-9-22-49(42)55(50)47-23-10-12-35-30-36(25-27-38(35)47)39-18-11-19-44-40-15-4-7-20-46(40)53-52(39)44;1-2-13-35(14-3-1)53-45-22-7-4-15-39(45)41-29-27-34(32-49(41)53)33-28-30-48-44(31-33)40-16-5-8-23-46(40)54(48)47-24-11-19-36-37(18-10-20-38(36)47)42-21-12-26-51-52(42)43-17-6-9-25-50(43)55-51/h1-32,53H;1-32H. The summed E-state index contributed by atoms with van der Waals surface area (Å²) in [6.45, 7) is 0. The normalized spacial score (nSPS) is 12.0. The topological polar surface area (TPSA) is 48.6 Å². The third-order valence-corrected chi connectivity index (χ3v) is 23.2. The van der Waals surface area contributed by atoms with E-state index in [9.17, 15) is 0 Å². The van der Waals surface area contributed by atoms with Crippen LogP contribution in [0.15, 0.2) is 393 Å². The molecule has 24 rings (SSSR count). The highest BCUT2D eigenvalue weighted by Crippen LogP contribution is 2.46. The number of aromatic amines is 1. The maximum atomic E-state index is 6.30. The van der Waals surface area contributed by atoms with Gasteiger partial charge in [-0.15, -0.1) is 0 Å². The van der Waals surface area contributed by atoms with Crippen LogP contribution in [0.4, 0.5) is 0 Å². The summed E-state index contributed by atoms with van der Waals surface area (Å²) in [6, 6.07) is 141. The van der Waals surface area contributed by atoms with E-state index in [1.807, 2.05) is 6.07 Å². The number of furan rings is 1. The van der Waals surface area contributed by atoms with Crippen molar-refractivity contribution in [1.29, 1.82) is 0 Å². The van der Waals surface area contributed by atoms with Gasteiger partial charge in [0, 0.05) is 97.9 Å². The van der Waals surface area contributed by atoms with Crippen LogP contribution in [0.25, 0.3) is 220 Å². The average molecular weight is 1400 g/mol. The Labute approximate surface area is 631 Å². The van der Waals surface area contributed by atoms with Crippen molar-refractivity contribution in [3.8, 4) is 67.3 Å². The molecule has 0 unspecified atom stereocenters. The van der Waals surface area contributed by atoms with Gasteiger partial charge in [-0.05, 0) is 171 Å². The number of fused-ring (bicyclic) bond motifs is 20. The molecule has 6 heteroatoms. The lowest BCUT2D eigenvalue weighted by Gasteiger charge is -2.15. The van der Waals surface area contributed by atoms with Crippen LogP contribution in [-0.4, -0.2) is 23.3 Å². The highest BCUT2D eigenvalue weighted by Gasteiger charge is 2.23. The molecule has 0 atom stereocenters. The number of aromatic nitrogens is 5. The minimum Gasteiger partial charge on any atom is -0.456 e. The van der Waals surface area contributed by atoms with Gasteiger partial charge in [0.15, 0.2) is 0 Å². The van der Waals surface area contributed by atoms with E-state index in [1.54, 1.807) is 0 Å². The van der Waals surface area contributed by atoms with Crippen LogP contribution < -0.4 is 0 Å². The van der Waals surface area contributed by atoms with Gasteiger partial charge in [0.25, 0.3) is 0 Å². The van der Waals surface area contributed by atoms with E-state index in [-0.39, 0.29) is 0 Å². The van der Waals surface area contributed by atoms with Crippen LogP contribution in [0, 0.1) is 0 Å². The number of hydrogen-bond acceptors (Lipinski definition) is 1. The summed E-state index contributed by atoms with van der Waals surface area (Å²) < 4.78 is 16.0. The Morgan fingerprint density at radius 1 is 0.200 bits per heavy atom. The smallest absolute Gasteiger partial charge is 0.136 e. The fourth-order valence-corrected chi connectivity index (χ4v) is 18.3. The summed E-state index contributed by atoms with van der Waals surface area (Å²) in [5, 5.41) is 19.7. The zero-order valence-electron chi connectivity index (χ0n) is 59.6. The van der Waals surface area contributed by atoms with E-state index in [2.05, 4.69) is 405 Å². The van der Waals surface area contributed by atoms with Gasteiger partial charge >= 0.3 is 0 Å². The number of rotatable bonds is 8. The summed E-state index contributed by atoms with van der Waals surface area (Å²) in [5.74, 6) is 0. The fraction of sp³-hybridized carbons (Fsp3) is 0. The monoisotopic (exact) mass is 1400 g/mol. The SMILES string of the molecule is c1ccc(-n2c3ccccc3c3ccc(-c4ccc5c(c4)c4ccccc4n5-c4cccc5c(-c6cccc7oc8ccccc8c67)cccc45)cc32)cc1.c1ccc(-n2c3ccccc3c3ccc(-c4ccc5c(c4)c4ccccc4n5-c4cccc5cc(-c6cccc7c6[nH]c6ccccc67)ccc45)cc32)cc1. The molecule has 0 bridgehead atoms. The number of nitrogens with zero attached hydrogens (tertiary/aromatic N) is 4. The summed E-state index contributed by atoms with van der Waals surface area (Å²) in [5.41, 5.74) is 28.1. The first kappa shape index (κ1) is 61.6. The molecule has 18 aromatic carbocycles. The average Bonchev–Trinajstić information content (AvgIpc) is 1.55. The highest BCUT2D eigenvalue weighted by atomic mass is 16.3. The molecule has 110 heavy (non-hydrogen) atoms. The van der Waals surface area contributed by atoms with Crippen LogP contribution in [0.2, 0.25) is 0 Å². The predicted molar refractivity (Wildman–Crippen MR) is 464 cm³/mol. The van der Waals surface area contributed by atoms with Crippen molar-refractivity contribution in [2.24, 2.45) is 0 Å². The largest absolute Gasteiger partial charge is 0.456 e. The molecular weight excluding hydrogens is 1340 g/mol.